The Morgan fingerprint density at radius 1 is 0.875 bits per heavy atom. The molecule has 3 aromatic rings. The maximum Gasteiger partial charge on any atom is 0.162 e. The molecule has 6 heteroatoms. The molecule has 0 spiro atoms. The number of unbranched alkanes of at least 4 members (excludes halogenated alkanes) is 3. The van der Waals surface area contributed by atoms with E-state index in [1.165, 1.54) is 12.8 Å². The SMILES string of the molecule is NCCCCCCNc1nc(-c2ccncc2)nc2cnccc12. The van der Waals surface area contributed by atoms with Gasteiger partial charge in [0.05, 0.1) is 11.7 Å². The molecule has 0 fully saturated rings. The predicted octanol–water partition coefficient (Wildman–Crippen LogP) is 3.02. The van der Waals surface area contributed by atoms with Crippen molar-refractivity contribution in [2.24, 2.45) is 5.73 Å². The summed E-state index contributed by atoms with van der Waals surface area (Å²) in [4.78, 5) is 17.6. The molecule has 0 aromatic carbocycles. The fourth-order valence-electron chi connectivity index (χ4n) is 2.58. The van der Waals surface area contributed by atoms with E-state index in [4.69, 9.17) is 10.7 Å². The molecule has 124 valence electrons. The fraction of sp³-hybridized carbons (Fsp3) is 0.333. The van der Waals surface area contributed by atoms with Crippen molar-refractivity contribution < 1.29 is 0 Å². The second kappa shape index (κ2) is 8.31. The lowest BCUT2D eigenvalue weighted by atomic mass is 10.2. The second-order valence-electron chi connectivity index (χ2n) is 5.65. The van der Waals surface area contributed by atoms with Crippen LogP contribution < -0.4 is 11.1 Å². The largest absolute Gasteiger partial charge is 0.369 e. The van der Waals surface area contributed by atoms with Crippen LogP contribution in [0.2, 0.25) is 0 Å². The average molecular weight is 322 g/mol. The van der Waals surface area contributed by atoms with E-state index in [0.717, 1.165) is 48.2 Å². The normalized spacial score (nSPS) is 10.9. The summed E-state index contributed by atoms with van der Waals surface area (Å²) in [5.74, 6) is 1.54. The van der Waals surface area contributed by atoms with Crippen LogP contribution in [0.25, 0.3) is 22.3 Å². The first kappa shape index (κ1) is 16.3. The van der Waals surface area contributed by atoms with Gasteiger partial charge in [0, 0.05) is 36.1 Å². The van der Waals surface area contributed by atoms with Gasteiger partial charge >= 0.3 is 0 Å². The number of rotatable bonds is 8. The number of nitrogens with one attached hydrogen (secondary N) is 1. The Bertz CT molecular complexity index is 775. The zero-order valence-corrected chi connectivity index (χ0v) is 13.7. The van der Waals surface area contributed by atoms with Crippen LogP contribution in [-0.2, 0) is 0 Å². The zero-order chi connectivity index (χ0) is 16.6. The smallest absolute Gasteiger partial charge is 0.162 e. The minimum Gasteiger partial charge on any atom is -0.369 e. The van der Waals surface area contributed by atoms with Crippen LogP contribution in [0.15, 0.2) is 43.0 Å². The van der Waals surface area contributed by atoms with E-state index < -0.39 is 0 Å². The van der Waals surface area contributed by atoms with Gasteiger partial charge in [-0.25, -0.2) is 9.97 Å². The van der Waals surface area contributed by atoms with E-state index in [1.54, 1.807) is 24.8 Å². The van der Waals surface area contributed by atoms with Crippen molar-refractivity contribution >= 4 is 16.7 Å². The Morgan fingerprint density at radius 2 is 1.67 bits per heavy atom. The van der Waals surface area contributed by atoms with Crippen LogP contribution in [0, 0.1) is 0 Å². The van der Waals surface area contributed by atoms with Gasteiger partial charge in [-0.15, -0.1) is 0 Å². The summed E-state index contributed by atoms with van der Waals surface area (Å²) in [6, 6.07) is 5.77. The Hall–Kier alpha value is -2.60. The topological polar surface area (TPSA) is 89.6 Å². The number of aromatic nitrogens is 4. The van der Waals surface area contributed by atoms with E-state index in [0.29, 0.717) is 5.82 Å². The molecular formula is C18H22N6. The number of hydrogen-bond acceptors (Lipinski definition) is 6. The molecule has 0 amide bonds. The van der Waals surface area contributed by atoms with Crippen molar-refractivity contribution in [2.75, 3.05) is 18.4 Å². The predicted molar refractivity (Wildman–Crippen MR) is 96.6 cm³/mol. The average Bonchev–Trinajstić information content (AvgIpc) is 2.65. The van der Waals surface area contributed by atoms with Crippen molar-refractivity contribution in [3.05, 3.63) is 43.0 Å². The lowest BCUT2D eigenvalue weighted by Gasteiger charge is -2.10. The summed E-state index contributed by atoms with van der Waals surface area (Å²) in [7, 11) is 0. The third-order valence-corrected chi connectivity index (χ3v) is 3.86. The summed E-state index contributed by atoms with van der Waals surface area (Å²) in [5.41, 5.74) is 7.31. The van der Waals surface area contributed by atoms with Crippen molar-refractivity contribution in [1.29, 1.82) is 0 Å². The van der Waals surface area contributed by atoms with Crippen LogP contribution in [0.1, 0.15) is 25.7 Å². The minimum atomic E-state index is 0.684. The molecule has 3 aromatic heterocycles. The van der Waals surface area contributed by atoms with Gasteiger partial charge in [0.25, 0.3) is 0 Å². The Labute approximate surface area is 141 Å². The molecule has 24 heavy (non-hydrogen) atoms. The highest BCUT2D eigenvalue weighted by molar-refractivity contribution is 5.89. The summed E-state index contributed by atoms with van der Waals surface area (Å²) in [6.45, 7) is 1.65. The maximum absolute atomic E-state index is 5.53. The highest BCUT2D eigenvalue weighted by atomic mass is 15.0. The molecule has 0 bridgehead atoms. The molecule has 0 aliphatic rings. The first-order chi connectivity index (χ1) is 11.9. The second-order valence-corrected chi connectivity index (χ2v) is 5.65. The first-order valence-corrected chi connectivity index (χ1v) is 8.34. The lowest BCUT2D eigenvalue weighted by molar-refractivity contribution is 0.661. The number of fused-ring (bicyclic) bond motifs is 1. The number of anilines is 1. The van der Waals surface area contributed by atoms with E-state index >= 15 is 0 Å². The Balaban J connectivity index is 1.80. The molecular weight excluding hydrogens is 300 g/mol. The minimum absolute atomic E-state index is 0.684. The van der Waals surface area contributed by atoms with Gasteiger partial charge < -0.3 is 11.1 Å². The Morgan fingerprint density at radius 3 is 2.50 bits per heavy atom. The molecule has 3 heterocycles. The third kappa shape index (κ3) is 4.02. The van der Waals surface area contributed by atoms with Crippen LogP contribution >= 0.6 is 0 Å². The zero-order valence-electron chi connectivity index (χ0n) is 13.7. The quantitative estimate of drug-likeness (QED) is 0.620. The summed E-state index contributed by atoms with van der Waals surface area (Å²) in [5, 5.41) is 4.44. The summed E-state index contributed by atoms with van der Waals surface area (Å²) in [6.07, 6.45) is 11.6. The molecule has 6 nitrogen and oxygen atoms in total. The number of hydrogen-bond donors (Lipinski definition) is 2. The molecule has 0 radical (unpaired) electrons. The molecule has 0 saturated carbocycles. The van der Waals surface area contributed by atoms with Gasteiger partial charge in [-0.05, 0) is 37.6 Å². The monoisotopic (exact) mass is 322 g/mol. The van der Waals surface area contributed by atoms with Crippen molar-refractivity contribution in [3.63, 3.8) is 0 Å². The number of pyridine rings is 2. The molecule has 0 atom stereocenters. The van der Waals surface area contributed by atoms with Crippen LogP contribution in [0.3, 0.4) is 0 Å². The first-order valence-electron chi connectivity index (χ1n) is 8.34. The lowest BCUT2D eigenvalue weighted by Crippen LogP contribution is -2.06. The molecule has 0 aliphatic heterocycles. The van der Waals surface area contributed by atoms with Gasteiger partial charge in [-0.3, -0.25) is 9.97 Å². The van der Waals surface area contributed by atoms with Crippen molar-refractivity contribution in [1.82, 2.24) is 19.9 Å². The maximum atomic E-state index is 5.53. The van der Waals surface area contributed by atoms with E-state index in [-0.39, 0.29) is 0 Å². The van der Waals surface area contributed by atoms with Crippen LogP contribution in [0.5, 0.6) is 0 Å². The van der Waals surface area contributed by atoms with Gasteiger partial charge in [-0.1, -0.05) is 12.8 Å². The van der Waals surface area contributed by atoms with Crippen LogP contribution in [-0.4, -0.2) is 33.0 Å². The molecule has 0 aliphatic carbocycles. The van der Waals surface area contributed by atoms with E-state index in [2.05, 4.69) is 20.3 Å². The molecule has 0 saturated heterocycles. The number of nitrogens with zero attached hydrogens (tertiary/aromatic N) is 4. The molecule has 3 rings (SSSR count). The van der Waals surface area contributed by atoms with Crippen molar-refractivity contribution in [2.45, 2.75) is 25.7 Å². The Kier molecular flexibility index (Phi) is 5.63. The highest BCUT2D eigenvalue weighted by Crippen LogP contribution is 2.24. The van der Waals surface area contributed by atoms with E-state index in [9.17, 15) is 0 Å². The van der Waals surface area contributed by atoms with Crippen molar-refractivity contribution in [3.8, 4) is 11.4 Å². The standard InChI is InChI=1S/C18H22N6/c19-8-3-1-2-4-9-22-18-15-7-12-21-13-16(15)23-17(24-18)14-5-10-20-11-6-14/h5-7,10-13H,1-4,8-9,19H2,(H,22,23,24). The fourth-order valence-corrected chi connectivity index (χ4v) is 2.58. The third-order valence-electron chi connectivity index (χ3n) is 3.86. The van der Waals surface area contributed by atoms with Gasteiger partial charge in [0.15, 0.2) is 5.82 Å². The summed E-state index contributed by atoms with van der Waals surface area (Å²) >= 11 is 0. The molecule has 0 unspecified atom stereocenters. The van der Waals surface area contributed by atoms with Crippen LogP contribution in [0.4, 0.5) is 5.82 Å². The highest BCUT2D eigenvalue weighted by Gasteiger charge is 2.09. The van der Waals surface area contributed by atoms with Gasteiger partial charge in [0.2, 0.25) is 0 Å². The van der Waals surface area contributed by atoms with Gasteiger partial charge in [0.1, 0.15) is 5.82 Å². The molecule has 3 N–H and O–H groups in total. The van der Waals surface area contributed by atoms with E-state index in [1.807, 2.05) is 18.2 Å². The number of nitrogens with two attached hydrogens (primary N) is 1. The summed E-state index contributed by atoms with van der Waals surface area (Å²) < 4.78 is 0. The van der Waals surface area contributed by atoms with Gasteiger partial charge in [-0.2, -0.15) is 0 Å².